The lowest BCUT2D eigenvalue weighted by molar-refractivity contribution is -0.145. The summed E-state index contributed by atoms with van der Waals surface area (Å²) >= 11 is 0. The predicted octanol–water partition coefficient (Wildman–Crippen LogP) is -0.139. The van der Waals surface area contributed by atoms with Crippen LogP contribution in [0.15, 0.2) is 30.5 Å². The van der Waals surface area contributed by atoms with Crippen molar-refractivity contribution in [2.75, 3.05) is 0 Å². The molecule has 1 heterocycles. The van der Waals surface area contributed by atoms with Crippen molar-refractivity contribution in [3.05, 3.63) is 36.2 Å². The molecule has 1 amide bonds. The quantitative estimate of drug-likeness (QED) is 0.590. The number of hydrogen-bond acceptors (Lipinski definition) is 6. The van der Waals surface area contributed by atoms with Crippen LogP contribution in [0, 0.1) is 17.8 Å². The lowest BCUT2D eigenvalue weighted by atomic mass is 9.90. The first-order valence-corrected chi connectivity index (χ1v) is 8.10. The summed E-state index contributed by atoms with van der Waals surface area (Å²) in [6, 6.07) is 6.44. The van der Waals surface area contributed by atoms with E-state index in [0.717, 1.165) is 0 Å². The van der Waals surface area contributed by atoms with Crippen LogP contribution in [0.4, 0.5) is 0 Å². The Bertz CT molecular complexity index is 948. The zero-order valence-electron chi connectivity index (χ0n) is 13.5. The maximum atomic E-state index is 12.5. The zero-order valence-corrected chi connectivity index (χ0v) is 13.5. The third-order valence-corrected chi connectivity index (χ3v) is 5.37. The van der Waals surface area contributed by atoms with E-state index >= 15 is 0 Å². The average Bonchev–Trinajstić information content (AvgIpc) is 3.30. The Morgan fingerprint density at radius 2 is 1.88 bits per heavy atom. The van der Waals surface area contributed by atoms with Crippen molar-refractivity contribution in [3.8, 4) is 0 Å². The van der Waals surface area contributed by atoms with Gasteiger partial charge in [-0.3, -0.25) is 19.4 Å². The molecule has 0 aliphatic heterocycles. The lowest BCUT2D eigenvalue weighted by Crippen LogP contribution is -2.52. The van der Waals surface area contributed by atoms with Crippen LogP contribution in [-0.2, 0) is 9.59 Å². The summed E-state index contributed by atoms with van der Waals surface area (Å²) in [7, 11) is 0. The molecule has 2 aliphatic rings. The largest absolute Gasteiger partial charge is 0.481 e. The normalized spacial score (nSPS) is 32.0. The van der Waals surface area contributed by atoms with Crippen molar-refractivity contribution in [2.45, 2.75) is 18.0 Å². The van der Waals surface area contributed by atoms with Gasteiger partial charge in [0.1, 0.15) is 11.2 Å². The number of nitrogens with one attached hydrogen (secondary N) is 1. The fraction of sp³-hybridized carbons (Fsp3) is 0.353. The van der Waals surface area contributed by atoms with Gasteiger partial charge in [0.2, 0.25) is 0 Å². The van der Waals surface area contributed by atoms with Gasteiger partial charge in [0.25, 0.3) is 5.91 Å². The topological polar surface area (TPSA) is 156 Å². The number of carbonyl (C=O) groups excluding carboxylic acids is 1. The highest BCUT2D eigenvalue weighted by molar-refractivity contribution is 5.94. The van der Waals surface area contributed by atoms with Crippen LogP contribution >= 0.6 is 0 Å². The number of aromatic nitrogens is 2. The van der Waals surface area contributed by atoms with Crippen molar-refractivity contribution in [1.82, 2.24) is 15.3 Å². The van der Waals surface area contributed by atoms with Crippen molar-refractivity contribution in [2.24, 2.45) is 23.5 Å². The van der Waals surface area contributed by atoms with Gasteiger partial charge in [0.05, 0.1) is 23.1 Å². The van der Waals surface area contributed by atoms with Gasteiger partial charge in [-0.2, -0.15) is 0 Å². The third-order valence-electron chi connectivity index (χ3n) is 5.37. The summed E-state index contributed by atoms with van der Waals surface area (Å²) in [4.78, 5) is 43.8. The number of carboxylic acid groups (broad SMARTS) is 2. The molecule has 0 spiro atoms. The number of fused-ring (bicyclic) bond motifs is 2. The highest BCUT2D eigenvalue weighted by atomic mass is 16.4. The van der Waals surface area contributed by atoms with E-state index in [4.69, 9.17) is 5.73 Å². The van der Waals surface area contributed by atoms with Crippen LogP contribution in [0.1, 0.15) is 16.9 Å². The first kappa shape index (κ1) is 16.4. The van der Waals surface area contributed by atoms with E-state index in [1.54, 1.807) is 24.3 Å². The molecule has 0 radical (unpaired) electrons. The number of nitrogens with zero attached hydrogens (tertiary/aromatic N) is 2. The minimum Gasteiger partial charge on any atom is -0.481 e. The molecule has 134 valence electrons. The minimum atomic E-state index is -1.65. The van der Waals surface area contributed by atoms with Crippen LogP contribution < -0.4 is 11.1 Å². The fourth-order valence-electron chi connectivity index (χ4n) is 4.14. The third kappa shape index (κ3) is 2.31. The Labute approximate surface area is 147 Å². The maximum Gasteiger partial charge on any atom is 0.324 e. The average molecular weight is 356 g/mol. The Balaban J connectivity index is 1.57. The molecule has 2 aliphatic carbocycles. The van der Waals surface area contributed by atoms with Crippen LogP contribution in [0.25, 0.3) is 11.0 Å². The SMILES string of the molecule is NC1(C(=O)O)CC(NC(=O)c2cnc3ccccc3n2)C2C(C(=O)O)C21. The van der Waals surface area contributed by atoms with Crippen LogP contribution in [-0.4, -0.2) is 49.6 Å². The van der Waals surface area contributed by atoms with Gasteiger partial charge in [0.15, 0.2) is 0 Å². The van der Waals surface area contributed by atoms with Gasteiger partial charge in [0, 0.05) is 12.0 Å². The Hall–Kier alpha value is -3.07. The van der Waals surface area contributed by atoms with Crippen molar-refractivity contribution >= 4 is 28.9 Å². The summed E-state index contributed by atoms with van der Waals surface area (Å²) in [5.41, 5.74) is 5.58. The van der Waals surface area contributed by atoms with Crippen molar-refractivity contribution in [1.29, 1.82) is 0 Å². The Morgan fingerprint density at radius 1 is 1.19 bits per heavy atom. The molecule has 2 fully saturated rings. The summed E-state index contributed by atoms with van der Waals surface area (Å²) in [6.45, 7) is 0. The first-order valence-electron chi connectivity index (χ1n) is 8.10. The van der Waals surface area contributed by atoms with Gasteiger partial charge >= 0.3 is 11.9 Å². The fourth-order valence-corrected chi connectivity index (χ4v) is 4.14. The summed E-state index contributed by atoms with van der Waals surface area (Å²) in [6.07, 6.45) is 1.31. The van der Waals surface area contributed by atoms with E-state index in [1.165, 1.54) is 6.20 Å². The Kier molecular flexibility index (Phi) is 3.45. The molecule has 1 aromatic carbocycles. The molecular weight excluding hydrogens is 340 g/mol. The van der Waals surface area contributed by atoms with E-state index in [2.05, 4.69) is 15.3 Å². The highest BCUT2D eigenvalue weighted by Gasteiger charge is 2.74. The molecule has 5 atom stereocenters. The monoisotopic (exact) mass is 356 g/mol. The molecule has 26 heavy (non-hydrogen) atoms. The molecule has 5 N–H and O–H groups in total. The second-order valence-electron chi connectivity index (χ2n) is 6.84. The van der Waals surface area contributed by atoms with E-state index in [0.29, 0.717) is 11.0 Å². The van der Waals surface area contributed by atoms with Gasteiger partial charge in [-0.15, -0.1) is 0 Å². The van der Waals surface area contributed by atoms with E-state index in [1.807, 2.05) is 0 Å². The number of para-hydroxylation sites is 2. The molecule has 2 aromatic rings. The van der Waals surface area contributed by atoms with Crippen LogP contribution in [0.2, 0.25) is 0 Å². The van der Waals surface area contributed by atoms with Crippen molar-refractivity contribution in [3.63, 3.8) is 0 Å². The molecule has 9 nitrogen and oxygen atoms in total. The van der Waals surface area contributed by atoms with E-state index < -0.39 is 47.2 Å². The molecule has 0 saturated heterocycles. The number of carboxylic acids is 2. The summed E-state index contributed by atoms with van der Waals surface area (Å²) < 4.78 is 0. The molecule has 0 bridgehead atoms. The molecule has 4 rings (SSSR count). The molecular formula is C17H16N4O5. The van der Waals surface area contributed by atoms with Gasteiger partial charge < -0.3 is 21.3 Å². The summed E-state index contributed by atoms with van der Waals surface area (Å²) in [5, 5.41) is 21.4. The maximum absolute atomic E-state index is 12.5. The number of carbonyl (C=O) groups is 3. The number of benzene rings is 1. The smallest absolute Gasteiger partial charge is 0.324 e. The zero-order chi connectivity index (χ0) is 18.6. The first-order chi connectivity index (χ1) is 12.3. The highest BCUT2D eigenvalue weighted by Crippen LogP contribution is 2.61. The van der Waals surface area contributed by atoms with Crippen LogP contribution in [0.5, 0.6) is 0 Å². The molecule has 9 heteroatoms. The van der Waals surface area contributed by atoms with E-state index in [9.17, 15) is 24.6 Å². The standard InChI is InChI=1S/C17H16N4O5/c18-17(16(25)26)5-9(11-12(13(11)17)15(23)24)21-14(22)10-6-19-7-3-1-2-4-8(7)20-10/h1-4,6,9,11-13H,5,18H2,(H,21,22)(H,23,24)(H,25,26). The molecule has 5 unspecified atom stereocenters. The molecule has 1 aromatic heterocycles. The van der Waals surface area contributed by atoms with Crippen molar-refractivity contribution < 1.29 is 24.6 Å². The predicted molar refractivity (Wildman–Crippen MR) is 88.1 cm³/mol. The van der Waals surface area contributed by atoms with E-state index in [-0.39, 0.29) is 12.1 Å². The second kappa shape index (κ2) is 5.46. The number of nitrogens with two attached hydrogens (primary N) is 1. The minimum absolute atomic E-state index is 0.0196. The van der Waals surface area contributed by atoms with Gasteiger partial charge in [-0.05, 0) is 24.5 Å². The lowest BCUT2D eigenvalue weighted by Gasteiger charge is -2.24. The number of aliphatic carboxylic acids is 2. The Morgan fingerprint density at radius 3 is 2.54 bits per heavy atom. The second-order valence-corrected chi connectivity index (χ2v) is 6.84. The number of amides is 1. The van der Waals surface area contributed by atoms with Crippen LogP contribution in [0.3, 0.4) is 0 Å². The molecule has 2 saturated carbocycles. The van der Waals surface area contributed by atoms with Gasteiger partial charge in [-0.25, -0.2) is 4.98 Å². The summed E-state index contributed by atoms with van der Waals surface area (Å²) in [5.74, 6) is -4.93. The number of rotatable bonds is 4. The number of hydrogen-bond donors (Lipinski definition) is 4. The van der Waals surface area contributed by atoms with Gasteiger partial charge in [-0.1, -0.05) is 12.1 Å².